The van der Waals surface area contributed by atoms with Crippen LogP contribution in [0, 0.1) is 0 Å². The van der Waals surface area contributed by atoms with Gasteiger partial charge in [-0.1, -0.05) is 60.3 Å². The van der Waals surface area contributed by atoms with Crippen molar-refractivity contribution in [2.75, 3.05) is 6.61 Å². The first-order valence-corrected chi connectivity index (χ1v) is 10.0. The van der Waals surface area contributed by atoms with E-state index < -0.39 is 42.1 Å². The summed E-state index contributed by atoms with van der Waals surface area (Å²) in [6.45, 7) is 1.60. The molecular weight excluding hydrogens is 380 g/mol. The maximum Gasteiger partial charge on any atom is 0.303 e. The van der Waals surface area contributed by atoms with Crippen LogP contribution in [0.1, 0.15) is 18.8 Å². The molecule has 2 aliphatic rings. The van der Waals surface area contributed by atoms with Crippen molar-refractivity contribution >= 4 is 17.7 Å². The molecule has 0 spiro atoms. The molecule has 2 aromatic rings. The van der Waals surface area contributed by atoms with Gasteiger partial charge in [0.05, 0.1) is 6.61 Å². The van der Waals surface area contributed by atoms with E-state index >= 15 is 0 Å². The van der Waals surface area contributed by atoms with Gasteiger partial charge in [-0.3, -0.25) is 4.79 Å². The minimum atomic E-state index is -1.03. The fourth-order valence-electron chi connectivity index (χ4n) is 3.39. The number of benzene rings is 2. The van der Waals surface area contributed by atoms with Gasteiger partial charge in [0.2, 0.25) is 0 Å². The highest BCUT2D eigenvalue weighted by molar-refractivity contribution is 7.99. The van der Waals surface area contributed by atoms with Crippen LogP contribution in [0.4, 0.5) is 0 Å². The molecule has 0 bridgehead atoms. The smallest absolute Gasteiger partial charge is 0.303 e. The minimum Gasteiger partial charge on any atom is -0.456 e. The van der Waals surface area contributed by atoms with Gasteiger partial charge in [-0.25, -0.2) is 0 Å². The Morgan fingerprint density at radius 2 is 1.75 bits per heavy atom. The van der Waals surface area contributed by atoms with Crippen molar-refractivity contribution in [1.29, 1.82) is 0 Å². The average Bonchev–Trinajstić information content (AvgIpc) is 2.72. The zero-order valence-electron chi connectivity index (χ0n) is 15.3. The number of hydrogen-bond acceptors (Lipinski definition) is 7. The number of aliphatic hydroxyl groups excluding tert-OH is 1. The first-order chi connectivity index (χ1) is 13.6. The predicted octanol–water partition coefficient (Wildman–Crippen LogP) is 2.91. The number of fused-ring (bicyclic) bond motifs is 1. The summed E-state index contributed by atoms with van der Waals surface area (Å²) >= 11 is 1.40. The molecule has 28 heavy (non-hydrogen) atoms. The van der Waals surface area contributed by atoms with Gasteiger partial charge in [0, 0.05) is 17.4 Å². The predicted molar refractivity (Wildman–Crippen MR) is 103 cm³/mol. The summed E-state index contributed by atoms with van der Waals surface area (Å²) in [5.41, 5.74) is 0.293. The van der Waals surface area contributed by atoms with E-state index in [9.17, 15) is 9.90 Å². The molecule has 0 amide bonds. The summed E-state index contributed by atoms with van der Waals surface area (Å²) in [7, 11) is 0. The Bertz CT molecular complexity index is 786. The lowest BCUT2D eigenvalue weighted by atomic mass is 9.98. The lowest BCUT2D eigenvalue weighted by Crippen LogP contribution is -2.61. The Labute approximate surface area is 167 Å². The topological polar surface area (TPSA) is 74.2 Å². The van der Waals surface area contributed by atoms with Crippen molar-refractivity contribution in [1.82, 2.24) is 0 Å². The minimum absolute atomic E-state index is 0.278. The van der Waals surface area contributed by atoms with Crippen molar-refractivity contribution < 1.29 is 28.8 Å². The van der Waals surface area contributed by atoms with E-state index in [1.54, 1.807) is 0 Å². The van der Waals surface area contributed by atoms with Crippen LogP contribution >= 0.6 is 11.8 Å². The number of aliphatic hydroxyl groups is 1. The summed E-state index contributed by atoms with van der Waals surface area (Å²) < 4.78 is 23.4. The molecule has 2 heterocycles. The molecule has 2 fully saturated rings. The Hall–Kier alpha value is -1.90. The fourth-order valence-corrected chi connectivity index (χ4v) is 4.52. The van der Waals surface area contributed by atoms with Gasteiger partial charge in [-0.15, -0.1) is 0 Å². The van der Waals surface area contributed by atoms with Gasteiger partial charge in [0.25, 0.3) is 0 Å². The van der Waals surface area contributed by atoms with Crippen molar-refractivity contribution in [2.45, 2.75) is 48.0 Å². The SMILES string of the molecule is CC(=O)O[C@H]1C(O)[C@H]2OC(c3ccccc3)OCC2O[C@H]1Sc1ccccc1. The van der Waals surface area contributed by atoms with E-state index in [4.69, 9.17) is 18.9 Å². The first kappa shape index (κ1) is 19.4. The van der Waals surface area contributed by atoms with Crippen LogP contribution in [0.15, 0.2) is 65.6 Å². The summed E-state index contributed by atoms with van der Waals surface area (Å²) in [4.78, 5) is 12.6. The second kappa shape index (κ2) is 8.63. The summed E-state index contributed by atoms with van der Waals surface area (Å²) in [6.07, 6.45) is -3.59. The molecule has 1 N–H and O–H groups in total. The summed E-state index contributed by atoms with van der Waals surface area (Å²) in [5.74, 6) is -0.476. The number of rotatable bonds is 4. The second-order valence-electron chi connectivity index (χ2n) is 6.72. The van der Waals surface area contributed by atoms with Gasteiger partial charge >= 0.3 is 5.97 Å². The van der Waals surface area contributed by atoms with Crippen LogP contribution in [-0.4, -0.2) is 47.5 Å². The number of esters is 1. The second-order valence-corrected chi connectivity index (χ2v) is 7.89. The average molecular weight is 402 g/mol. The molecule has 148 valence electrons. The van der Waals surface area contributed by atoms with Crippen LogP contribution in [-0.2, 0) is 23.7 Å². The van der Waals surface area contributed by atoms with E-state index in [0.717, 1.165) is 10.5 Å². The highest BCUT2D eigenvalue weighted by atomic mass is 32.2. The molecule has 6 nitrogen and oxygen atoms in total. The monoisotopic (exact) mass is 402 g/mol. The summed E-state index contributed by atoms with van der Waals surface area (Å²) in [5, 5.41) is 11.0. The molecule has 6 atom stereocenters. The standard InChI is InChI=1S/C21H22O6S/c1-13(22)25-19-17(23)18-16(26-21(19)28-15-10-6-3-7-11-15)12-24-20(27-18)14-8-4-2-5-9-14/h2-11,16-21,23H,12H2,1H3/t16?,17?,18-,19-,20?,21-/m0/s1. The lowest BCUT2D eigenvalue weighted by Gasteiger charge is -2.47. The van der Waals surface area contributed by atoms with Gasteiger partial charge in [-0.2, -0.15) is 0 Å². The number of hydrogen-bond donors (Lipinski definition) is 1. The van der Waals surface area contributed by atoms with E-state index in [2.05, 4.69) is 0 Å². The van der Waals surface area contributed by atoms with Gasteiger partial charge in [0.15, 0.2) is 12.4 Å². The Balaban J connectivity index is 1.53. The molecule has 0 aromatic heterocycles. The maximum atomic E-state index is 11.6. The number of thioether (sulfide) groups is 1. The third kappa shape index (κ3) is 4.24. The largest absolute Gasteiger partial charge is 0.456 e. The quantitative estimate of drug-likeness (QED) is 0.788. The third-order valence-corrected chi connectivity index (χ3v) is 5.83. The van der Waals surface area contributed by atoms with Crippen molar-refractivity contribution in [3.8, 4) is 0 Å². The molecule has 2 aromatic carbocycles. The zero-order chi connectivity index (χ0) is 19.5. The molecule has 4 rings (SSSR count). The van der Waals surface area contributed by atoms with Crippen LogP contribution < -0.4 is 0 Å². The fraction of sp³-hybridized carbons (Fsp3) is 0.381. The molecule has 2 saturated heterocycles. The Morgan fingerprint density at radius 3 is 2.43 bits per heavy atom. The molecule has 0 aliphatic carbocycles. The van der Waals surface area contributed by atoms with Gasteiger partial charge in [-0.05, 0) is 12.1 Å². The zero-order valence-corrected chi connectivity index (χ0v) is 16.2. The Kier molecular flexibility index (Phi) is 5.99. The van der Waals surface area contributed by atoms with E-state index in [1.807, 2.05) is 60.7 Å². The third-order valence-electron chi connectivity index (χ3n) is 4.68. The van der Waals surface area contributed by atoms with Crippen LogP contribution in [0.2, 0.25) is 0 Å². The number of carbonyl (C=O) groups excluding carboxylic acids is 1. The van der Waals surface area contributed by atoms with Crippen molar-refractivity contribution in [2.24, 2.45) is 0 Å². The van der Waals surface area contributed by atoms with Gasteiger partial charge in [0.1, 0.15) is 23.7 Å². The molecule has 0 saturated carbocycles. The van der Waals surface area contributed by atoms with E-state index in [1.165, 1.54) is 18.7 Å². The molecule has 3 unspecified atom stereocenters. The van der Waals surface area contributed by atoms with Crippen LogP contribution in [0.3, 0.4) is 0 Å². The molecule has 2 aliphatic heterocycles. The maximum absolute atomic E-state index is 11.6. The van der Waals surface area contributed by atoms with Gasteiger partial charge < -0.3 is 24.1 Å². The van der Waals surface area contributed by atoms with Crippen LogP contribution in [0.25, 0.3) is 0 Å². The van der Waals surface area contributed by atoms with Crippen LogP contribution in [0.5, 0.6) is 0 Å². The first-order valence-electron chi connectivity index (χ1n) is 9.16. The Morgan fingerprint density at radius 1 is 1.07 bits per heavy atom. The highest BCUT2D eigenvalue weighted by Gasteiger charge is 2.51. The summed E-state index contributed by atoms with van der Waals surface area (Å²) in [6, 6.07) is 19.2. The van der Waals surface area contributed by atoms with E-state index in [0.29, 0.717) is 0 Å². The lowest BCUT2D eigenvalue weighted by molar-refractivity contribution is -0.319. The molecular formula is C21H22O6S. The molecule has 7 heteroatoms. The normalized spacial score (nSPS) is 32.4. The highest BCUT2D eigenvalue weighted by Crippen LogP contribution is 2.39. The van der Waals surface area contributed by atoms with Crippen molar-refractivity contribution in [3.63, 3.8) is 0 Å². The van der Waals surface area contributed by atoms with Crippen molar-refractivity contribution in [3.05, 3.63) is 66.2 Å². The molecule has 0 radical (unpaired) electrons. The number of ether oxygens (including phenoxy) is 4. The number of carbonyl (C=O) groups is 1. The van der Waals surface area contributed by atoms with E-state index in [-0.39, 0.29) is 6.61 Å².